The van der Waals surface area contributed by atoms with Crippen LogP contribution in [0.25, 0.3) is 0 Å². The lowest BCUT2D eigenvalue weighted by Crippen LogP contribution is -2.15. The van der Waals surface area contributed by atoms with E-state index in [2.05, 4.69) is 45.9 Å². The van der Waals surface area contributed by atoms with E-state index < -0.39 is 0 Å². The second kappa shape index (κ2) is 5.66. The minimum Gasteiger partial charge on any atom is -0.324 e. The fourth-order valence-corrected chi connectivity index (χ4v) is 2.07. The van der Waals surface area contributed by atoms with Crippen molar-refractivity contribution in [3.05, 3.63) is 34.9 Å². The van der Waals surface area contributed by atoms with Gasteiger partial charge in [0.1, 0.15) is 5.78 Å². The van der Waals surface area contributed by atoms with Crippen LogP contribution in [0.15, 0.2) is 18.2 Å². The second-order valence-corrected chi connectivity index (χ2v) is 6.17. The second-order valence-electron chi connectivity index (χ2n) is 6.17. The monoisotopic (exact) mass is 247 g/mol. The van der Waals surface area contributed by atoms with Gasteiger partial charge in [-0.15, -0.1) is 0 Å². The summed E-state index contributed by atoms with van der Waals surface area (Å²) < 4.78 is 0. The molecule has 1 rings (SSSR count). The molecule has 0 saturated heterocycles. The van der Waals surface area contributed by atoms with Gasteiger partial charge in [-0.2, -0.15) is 0 Å². The zero-order valence-corrected chi connectivity index (χ0v) is 12.2. The molecule has 1 unspecified atom stereocenters. The number of nitrogens with two attached hydrogens (primary N) is 1. The molecule has 2 N–H and O–H groups in total. The topological polar surface area (TPSA) is 43.1 Å². The molecule has 0 bridgehead atoms. The van der Waals surface area contributed by atoms with Gasteiger partial charge in [-0.3, -0.25) is 0 Å². The largest absolute Gasteiger partial charge is 0.324 e. The van der Waals surface area contributed by atoms with Crippen molar-refractivity contribution in [1.82, 2.24) is 0 Å². The highest BCUT2D eigenvalue weighted by atomic mass is 16.1. The molecule has 0 aliphatic rings. The summed E-state index contributed by atoms with van der Waals surface area (Å²) >= 11 is 0. The lowest BCUT2D eigenvalue weighted by Gasteiger charge is -2.22. The molecule has 18 heavy (non-hydrogen) atoms. The van der Waals surface area contributed by atoms with Crippen LogP contribution in [0.3, 0.4) is 0 Å². The lowest BCUT2D eigenvalue weighted by molar-refractivity contribution is -0.117. The zero-order valence-electron chi connectivity index (χ0n) is 12.2. The first-order chi connectivity index (χ1) is 8.21. The molecular weight excluding hydrogens is 222 g/mol. The van der Waals surface area contributed by atoms with Crippen LogP contribution in [0.1, 0.15) is 63.3 Å². The standard InChI is InChI=1S/C16H25NO/c1-11-10-13(16(3,4)5)7-8-14(11)15(17)9-6-12(2)18/h7-8,10,15H,6,9,17H2,1-5H3. The highest BCUT2D eigenvalue weighted by Gasteiger charge is 2.16. The van der Waals surface area contributed by atoms with Crippen molar-refractivity contribution < 1.29 is 4.79 Å². The van der Waals surface area contributed by atoms with Gasteiger partial charge in [0.05, 0.1) is 0 Å². The normalized spacial score (nSPS) is 13.4. The van der Waals surface area contributed by atoms with Crippen molar-refractivity contribution in [3.8, 4) is 0 Å². The van der Waals surface area contributed by atoms with Crippen molar-refractivity contribution in [2.45, 2.75) is 58.9 Å². The Bertz CT molecular complexity index is 429. The molecule has 0 fully saturated rings. The predicted octanol–water partition coefficient (Wildman–Crippen LogP) is 3.66. The Morgan fingerprint density at radius 1 is 1.33 bits per heavy atom. The van der Waals surface area contributed by atoms with Crippen molar-refractivity contribution in [3.63, 3.8) is 0 Å². The average molecular weight is 247 g/mol. The van der Waals surface area contributed by atoms with Crippen LogP contribution < -0.4 is 5.73 Å². The van der Waals surface area contributed by atoms with Gasteiger partial charge in [0.25, 0.3) is 0 Å². The van der Waals surface area contributed by atoms with E-state index in [-0.39, 0.29) is 17.2 Å². The van der Waals surface area contributed by atoms with Crippen LogP contribution in [0.4, 0.5) is 0 Å². The van der Waals surface area contributed by atoms with Crippen LogP contribution >= 0.6 is 0 Å². The van der Waals surface area contributed by atoms with Crippen LogP contribution in [-0.2, 0) is 10.2 Å². The van der Waals surface area contributed by atoms with Gasteiger partial charge in [0.2, 0.25) is 0 Å². The number of hydrogen-bond acceptors (Lipinski definition) is 2. The third kappa shape index (κ3) is 3.95. The van der Waals surface area contributed by atoms with E-state index in [0.29, 0.717) is 6.42 Å². The molecule has 1 aromatic rings. The number of benzene rings is 1. The van der Waals surface area contributed by atoms with E-state index >= 15 is 0 Å². The fraction of sp³-hybridized carbons (Fsp3) is 0.562. The first-order valence-electron chi connectivity index (χ1n) is 6.58. The molecule has 2 heteroatoms. The van der Waals surface area contributed by atoms with Crippen molar-refractivity contribution >= 4 is 5.78 Å². The summed E-state index contributed by atoms with van der Waals surface area (Å²) in [6.07, 6.45) is 1.28. The Balaban J connectivity index is 2.88. The minimum atomic E-state index is -0.0390. The number of rotatable bonds is 4. The maximum absolute atomic E-state index is 11.0. The lowest BCUT2D eigenvalue weighted by atomic mass is 9.84. The van der Waals surface area contributed by atoms with E-state index in [1.807, 2.05) is 0 Å². The van der Waals surface area contributed by atoms with E-state index in [1.165, 1.54) is 11.1 Å². The van der Waals surface area contributed by atoms with Crippen LogP contribution in [0, 0.1) is 6.92 Å². The molecule has 0 amide bonds. The molecule has 0 radical (unpaired) electrons. The van der Waals surface area contributed by atoms with Gasteiger partial charge in [-0.05, 0) is 42.4 Å². The van der Waals surface area contributed by atoms with Gasteiger partial charge < -0.3 is 10.5 Å². The number of aryl methyl sites for hydroxylation is 1. The quantitative estimate of drug-likeness (QED) is 0.882. The predicted molar refractivity (Wildman–Crippen MR) is 76.7 cm³/mol. The Hall–Kier alpha value is -1.15. The summed E-state index contributed by atoms with van der Waals surface area (Å²) in [6, 6.07) is 6.43. The molecule has 0 spiro atoms. The number of carbonyl (C=O) groups is 1. The summed E-state index contributed by atoms with van der Waals surface area (Å²) in [5.74, 6) is 0.203. The Morgan fingerprint density at radius 2 is 1.94 bits per heavy atom. The van der Waals surface area contributed by atoms with E-state index in [1.54, 1.807) is 6.92 Å². The average Bonchev–Trinajstić information content (AvgIpc) is 2.24. The van der Waals surface area contributed by atoms with Crippen LogP contribution in [0.5, 0.6) is 0 Å². The van der Waals surface area contributed by atoms with Crippen LogP contribution in [0.2, 0.25) is 0 Å². The van der Waals surface area contributed by atoms with Gasteiger partial charge >= 0.3 is 0 Å². The van der Waals surface area contributed by atoms with E-state index in [9.17, 15) is 4.79 Å². The first-order valence-corrected chi connectivity index (χ1v) is 6.58. The summed E-state index contributed by atoms with van der Waals surface area (Å²) in [6.45, 7) is 10.3. The highest BCUT2D eigenvalue weighted by molar-refractivity contribution is 5.75. The van der Waals surface area contributed by atoms with Crippen LogP contribution in [-0.4, -0.2) is 5.78 Å². The molecule has 0 aliphatic carbocycles. The molecule has 0 heterocycles. The van der Waals surface area contributed by atoms with Crippen molar-refractivity contribution in [2.24, 2.45) is 5.73 Å². The number of Topliss-reactive ketones (excluding diaryl/α,β-unsaturated/α-hetero) is 1. The van der Waals surface area contributed by atoms with Crippen molar-refractivity contribution in [1.29, 1.82) is 0 Å². The molecule has 0 saturated carbocycles. The highest BCUT2D eigenvalue weighted by Crippen LogP contribution is 2.27. The van der Waals surface area contributed by atoms with Crippen molar-refractivity contribution in [2.75, 3.05) is 0 Å². The van der Waals surface area contributed by atoms with Gasteiger partial charge in [-0.1, -0.05) is 39.0 Å². The molecule has 1 atom stereocenters. The third-order valence-electron chi connectivity index (χ3n) is 3.34. The number of hydrogen-bond donors (Lipinski definition) is 1. The van der Waals surface area contributed by atoms with E-state index in [0.717, 1.165) is 12.0 Å². The van der Waals surface area contributed by atoms with Gasteiger partial charge in [0, 0.05) is 12.5 Å². The minimum absolute atomic E-state index is 0.0390. The molecule has 1 aromatic carbocycles. The third-order valence-corrected chi connectivity index (χ3v) is 3.34. The Kier molecular flexibility index (Phi) is 4.69. The smallest absolute Gasteiger partial charge is 0.129 e. The van der Waals surface area contributed by atoms with Gasteiger partial charge in [0.15, 0.2) is 0 Å². The maximum Gasteiger partial charge on any atom is 0.129 e. The maximum atomic E-state index is 11.0. The Morgan fingerprint density at radius 3 is 2.39 bits per heavy atom. The molecular formula is C16H25NO. The van der Waals surface area contributed by atoms with E-state index in [4.69, 9.17) is 5.73 Å². The fourth-order valence-electron chi connectivity index (χ4n) is 2.07. The first kappa shape index (κ1) is 14.9. The summed E-state index contributed by atoms with van der Waals surface area (Å²) in [7, 11) is 0. The molecule has 2 nitrogen and oxygen atoms in total. The summed E-state index contributed by atoms with van der Waals surface area (Å²) in [5, 5.41) is 0. The number of carbonyl (C=O) groups excluding carboxylic acids is 1. The SMILES string of the molecule is CC(=O)CCC(N)c1ccc(C(C)(C)C)cc1C. The zero-order chi connectivity index (χ0) is 13.9. The summed E-state index contributed by atoms with van der Waals surface area (Å²) in [5.41, 5.74) is 10.0. The molecule has 0 aromatic heterocycles. The molecule has 100 valence electrons. The number of ketones is 1. The van der Waals surface area contributed by atoms with Gasteiger partial charge in [-0.25, -0.2) is 0 Å². The molecule has 0 aliphatic heterocycles. The Labute approximate surface area is 111 Å². The summed E-state index contributed by atoms with van der Waals surface area (Å²) in [4.78, 5) is 11.0.